The van der Waals surface area contributed by atoms with E-state index in [1.54, 1.807) is 4.68 Å². The van der Waals surface area contributed by atoms with E-state index in [-0.39, 0.29) is 0 Å². The van der Waals surface area contributed by atoms with Gasteiger partial charge in [0, 0.05) is 25.7 Å². The van der Waals surface area contributed by atoms with Crippen molar-refractivity contribution >= 4 is 0 Å². The van der Waals surface area contributed by atoms with E-state index in [4.69, 9.17) is 4.52 Å². The Bertz CT molecular complexity index is 490. The van der Waals surface area contributed by atoms with Crippen molar-refractivity contribution in [2.75, 3.05) is 7.05 Å². The molecule has 98 valence electrons. The van der Waals surface area contributed by atoms with Gasteiger partial charge in [-0.15, -0.1) is 0 Å². The average Bonchev–Trinajstić information content (AvgIpc) is 2.97. The first-order chi connectivity index (χ1) is 8.72. The molecule has 0 saturated heterocycles. The molecule has 6 heteroatoms. The molecule has 1 atom stereocenters. The van der Waals surface area contributed by atoms with Crippen LogP contribution in [-0.4, -0.2) is 33.0 Å². The molecule has 0 saturated carbocycles. The zero-order valence-corrected chi connectivity index (χ0v) is 11.1. The SMILES string of the molecule is CCCC(Cc1nc(-c2ccn(C)n2)no1)NC. The Morgan fingerprint density at radius 1 is 1.50 bits per heavy atom. The molecule has 18 heavy (non-hydrogen) atoms. The highest BCUT2D eigenvalue weighted by atomic mass is 16.5. The Morgan fingerprint density at radius 2 is 2.33 bits per heavy atom. The van der Waals surface area contributed by atoms with Crippen molar-refractivity contribution in [2.45, 2.75) is 32.2 Å². The van der Waals surface area contributed by atoms with Crippen molar-refractivity contribution in [1.29, 1.82) is 0 Å². The summed E-state index contributed by atoms with van der Waals surface area (Å²) in [4.78, 5) is 4.37. The minimum Gasteiger partial charge on any atom is -0.339 e. The third kappa shape index (κ3) is 2.95. The minimum absolute atomic E-state index is 0.382. The molecular formula is C12H19N5O. The number of aromatic nitrogens is 4. The van der Waals surface area contributed by atoms with Gasteiger partial charge in [-0.05, 0) is 19.5 Å². The summed E-state index contributed by atoms with van der Waals surface area (Å²) >= 11 is 0. The van der Waals surface area contributed by atoms with Crippen LogP contribution in [-0.2, 0) is 13.5 Å². The molecule has 1 unspecified atom stereocenters. The second-order valence-corrected chi connectivity index (χ2v) is 4.36. The van der Waals surface area contributed by atoms with Crippen LogP contribution < -0.4 is 5.32 Å². The van der Waals surface area contributed by atoms with Gasteiger partial charge in [0.05, 0.1) is 0 Å². The molecule has 1 N–H and O–H groups in total. The molecule has 0 amide bonds. The largest absolute Gasteiger partial charge is 0.339 e. The Hall–Kier alpha value is -1.69. The van der Waals surface area contributed by atoms with E-state index in [1.807, 2.05) is 26.4 Å². The van der Waals surface area contributed by atoms with Crippen LogP contribution in [0.25, 0.3) is 11.5 Å². The second-order valence-electron chi connectivity index (χ2n) is 4.36. The van der Waals surface area contributed by atoms with E-state index in [0.29, 0.717) is 17.8 Å². The summed E-state index contributed by atoms with van der Waals surface area (Å²) in [6, 6.07) is 2.25. The summed E-state index contributed by atoms with van der Waals surface area (Å²) in [5, 5.41) is 11.5. The first-order valence-electron chi connectivity index (χ1n) is 6.22. The van der Waals surface area contributed by atoms with Gasteiger partial charge in [0.1, 0.15) is 5.69 Å². The van der Waals surface area contributed by atoms with Crippen molar-refractivity contribution in [2.24, 2.45) is 7.05 Å². The molecule has 2 heterocycles. The summed E-state index contributed by atoms with van der Waals surface area (Å²) < 4.78 is 6.98. The quantitative estimate of drug-likeness (QED) is 0.838. The number of rotatable bonds is 6. The fourth-order valence-electron chi connectivity index (χ4n) is 1.88. The Kier molecular flexibility index (Phi) is 4.09. The normalized spacial score (nSPS) is 12.8. The van der Waals surface area contributed by atoms with Gasteiger partial charge < -0.3 is 9.84 Å². The molecule has 2 aromatic rings. The summed E-state index contributed by atoms with van der Waals surface area (Å²) in [6.07, 6.45) is 4.84. The third-order valence-electron chi connectivity index (χ3n) is 2.88. The third-order valence-corrected chi connectivity index (χ3v) is 2.88. The van der Waals surface area contributed by atoms with Gasteiger partial charge in [-0.2, -0.15) is 10.1 Å². The van der Waals surface area contributed by atoms with E-state index < -0.39 is 0 Å². The van der Waals surface area contributed by atoms with E-state index in [0.717, 1.165) is 25.0 Å². The van der Waals surface area contributed by atoms with Crippen molar-refractivity contribution < 1.29 is 4.52 Å². The number of aryl methyl sites for hydroxylation is 1. The molecule has 0 aromatic carbocycles. The van der Waals surface area contributed by atoms with Crippen molar-refractivity contribution in [3.8, 4) is 11.5 Å². The lowest BCUT2D eigenvalue weighted by Crippen LogP contribution is -2.27. The van der Waals surface area contributed by atoms with Crippen molar-refractivity contribution in [3.05, 3.63) is 18.2 Å². The van der Waals surface area contributed by atoms with Gasteiger partial charge in [-0.3, -0.25) is 4.68 Å². The fraction of sp³-hybridized carbons (Fsp3) is 0.583. The first kappa shape index (κ1) is 12.8. The lowest BCUT2D eigenvalue weighted by Gasteiger charge is -2.11. The van der Waals surface area contributed by atoms with Gasteiger partial charge in [-0.25, -0.2) is 0 Å². The molecule has 0 aliphatic heterocycles. The summed E-state index contributed by atoms with van der Waals surface area (Å²) in [6.45, 7) is 2.16. The van der Waals surface area contributed by atoms with Gasteiger partial charge in [0.15, 0.2) is 0 Å². The van der Waals surface area contributed by atoms with Crippen LogP contribution in [0.1, 0.15) is 25.7 Å². The molecule has 0 radical (unpaired) electrons. The van der Waals surface area contributed by atoms with Crippen LogP contribution in [0.5, 0.6) is 0 Å². The Labute approximate surface area is 106 Å². The lowest BCUT2D eigenvalue weighted by atomic mass is 10.1. The fourth-order valence-corrected chi connectivity index (χ4v) is 1.88. The monoisotopic (exact) mass is 249 g/mol. The highest BCUT2D eigenvalue weighted by Crippen LogP contribution is 2.14. The predicted octanol–water partition coefficient (Wildman–Crippen LogP) is 1.40. The van der Waals surface area contributed by atoms with Crippen LogP contribution in [0.15, 0.2) is 16.8 Å². The molecule has 0 fully saturated rings. The van der Waals surface area contributed by atoms with Gasteiger partial charge in [0.2, 0.25) is 11.7 Å². The van der Waals surface area contributed by atoms with Crippen LogP contribution in [0.3, 0.4) is 0 Å². The summed E-state index contributed by atoms with van der Waals surface area (Å²) in [7, 11) is 3.82. The molecule has 2 aromatic heterocycles. The maximum absolute atomic E-state index is 5.26. The van der Waals surface area contributed by atoms with Crippen molar-refractivity contribution in [3.63, 3.8) is 0 Å². The van der Waals surface area contributed by atoms with Crippen LogP contribution in [0.2, 0.25) is 0 Å². The number of likely N-dealkylation sites (N-methyl/N-ethyl adjacent to an activating group) is 1. The van der Waals surface area contributed by atoms with Gasteiger partial charge >= 0.3 is 0 Å². The van der Waals surface area contributed by atoms with Crippen LogP contribution >= 0.6 is 0 Å². The zero-order valence-electron chi connectivity index (χ0n) is 11.1. The summed E-state index contributed by atoms with van der Waals surface area (Å²) in [5.74, 6) is 1.21. The first-order valence-corrected chi connectivity index (χ1v) is 6.22. The van der Waals surface area contributed by atoms with E-state index in [9.17, 15) is 0 Å². The molecule has 0 spiro atoms. The highest BCUT2D eigenvalue weighted by Gasteiger charge is 2.14. The molecule has 0 aliphatic carbocycles. The van der Waals surface area contributed by atoms with Crippen LogP contribution in [0, 0.1) is 0 Å². The van der Waals surface area contributed by atoms with Crippen molar-refractivity contribution in [1.82, 2.24) is 25.2 Å². The maximum Gasteiger partial charge on any atom is 0.228 e. The maximum atomic E-state index is 5.26. The van der Waals surface area contributed by atoms with E-state index in [2.05, 4.69) is 27.5 Å². The zero-order chi connectivity index (χ0) is 13.0. The summed E-state index contributed by atoms with van der Waals surface area (Å²) in [5.41, 5.74) is 0.740. The smallest absolute Gasteiger partial charge is 0.228 e. The Balaban J connectivity index is 2.06. The van der Waals surface area contributed by atoms with Crippen LogP contribution in [0.4, 0.5) is 0 Å². The molecule has 6 nitrogen and oxygen atoms in total. The molecule has 0 bridgehead atoms. The standard InChI is InChI=1S/C12H19N5O/c1-4-5-9(13-2)8-11-14-12(16-18-11)10-6-7-17(3)15-10/h6-7,9,13H,4-5,8H2,1-3H3. The predicted molar refractivity (Wildman–Crippen MR) is 68.0 cm³/mol. The molecular weight excluding hydrogens is 230 g/mol. The number of nitrogens with one attached hydrogen (secondary N) is 1. The van der Waals surface area contributed by atoms with Gasteiger partial charge in [0.25, 0.3) is 0 Å². The molecule has 2 rings (SSSR count). The van der Waals surface area contributed by atoms with Gasteiger partial charge in [-0.1, -0.05) is 18.5 Å². The Morgan fingerprint density at radius 3 is 2.94 bits per heavy atom. The number of hydrogen-bond acceptors (Lipinski definition) is 5. The highest BCUT2D eigenvalue weighted by molar-refractivity contribution is 5.46. The lowest BCUT2D eigenvalue weighted by molar-refractivity contribution is 0.356. The topological polar surface area (TPSA) is 68.8 Å². The molecule has 0 aliphatic rings. The number of hydrogen-bond donors (Lipinski definition) is 1. The van der Waals surface area contributed by atoms with E-state index in [1.165, 1.54) is 0 Å². The minimum atomic E-state index is 0.382. The van der Waals surface area contributed by atoms with E-state index >= 15 is 0 Å². The number of nitrogens with zero attached hydrogens (tertiary/aromatic N) is 4. The second kappa shape index (κ2) is 5.77. The average molecular weight is 249 g/mol.